The number of rotatable bonds is 8. The molecule has 0 bridgehead atoms. The van der Waals surface area contributed by atoms with Crippen LogP contribution in [0.25, 0.3) is 11.0 Å². The van der Waals surface area contributed by atoms with Crippen LogP contribution in [-0.2, 0) is 17.7 Å². The van der Waals surface area contributed by atoms with Gasteiger partial charge in [0.05, 0.1) is 25.0 Å². The van der Waals surface area contributed by atoms with E-state index in [0.29, 0.717) is 16.8 Å². The molecule has 2 aromatic heterocycles. The quantitative estimate of drug-likeness (QED) is 0.570. The van der Waals surface area contributed by atoms with E-state index in [1.807, 2.05) is 25.1 Å². The van der Waals surface area contributed by atoms with E-state index < -0.39 is 11.7 Å². The summed E-state index contributed by atoms with van der Waals surface area (Å²) in [6, 6.07) is 5.90. The second-order valence-electron chi connectivity index (χ2n) is 6.78. The maximum atomic E-state index is 12.5. The minimum atomic E-state index is -0.577. The smallest absolute Gasteiger partial charge is 0.407 e. The number of aryl methyl sites for hydroxylation is 1. The molecule has 0 saturated carbocycles. The molecule has 0 unspecified atom stereocenters. The van der Waals surface area contributed by atoms with Gasteiger partial charge in [0.15, 0.2) is 0 Å². The number of carbonyl (C=O) groups is 1. The molecule has 8 heteroatoms. The molecule has 30 heavy (non-hydrogen) atoms. The molecule has 3 rings (SSSR count). The molecule has 0 radical (unpaired) electrons. The van der Waals surface area contributed by atoms with Crippen LogP contribution in [0.1, 0.15) is 30.7 Å². The first-order valence-corrected chi connectivity index (χ1v) is 10.00. The van der Waals surface area contributed by atoms with Crippen LogP contribution in [-0.4, -0.2) is 35.8 Å². The zero-order valence-corrected chi connectivity index (χ0v) is 17.5. The second-order valence-corrected chi connectivity index (χ2v) is 6.78. The summed E-state index contributed by atoms with van der Waals surface area (Å²) in [5.41, 5.74) is 3.17. The van der Waals surface area contributed by atoms with E-state index >= 15 is 0 Å². The van der Waals surface area contributed by atoms with Crippen molar-refractivity contribution in [2.24, 2.45) is 0 Å². The normalized spacial score (nSPS) is 10.8. The van der Waals surface area contributed by atoms with Crippen molar-refractivity contribution in [2.45, 2.75) is 33.7 Å². The molecule has 0 aliphatic carbocycles. The molecule has 1 aromatic carbocycles. The van der Waals surface area contributed by atoms with Crippen molar-refractivity contribution < 1.29 is 13.9 Å². The number of amides is 1. The molecule has 0 saturated heterocycles. The Morgan fingerprint density at radius 3 is 2.73 bits per heavy atom. The van der Waals surface area contributed by atoms with Gasteiger partial charge in [-0.05, 0) is 38.5 Å². The highest BCUT2D eigenvalue weighted by atomic mass is 16.5. The third kappa shape index (κ3) is 4.94. The van der Waals surface area contributed by atoms with Gasteiger partial charge in [-0.3, -0.25) is 9.97 Å². The lowest BCUT2D eigenvalue weighted by molar-refractivity contribution is 0.146. The molecule has 0 fully saturated rings. The molecular weight excluding hydrogens is 384 g/mol. The third-order valence-electron chi connectivity index (χ3n) is 5.02. The fourth-order valence-corrected chi connectivity index (χ4v) is 3.34. The number of benzene rings is 1. The largest absolute Gasteiger partial charge is 0.449 e. The van der Waals surface area contributed by atoms with Crippen LogP contribution in [0.3, 0.4) is 0 Å². The first kappa shape index (κ1) is 21.3. The van der Waals surface area contributed by atoms with Gasteiger partial charge in [-0.15, -0.1) is 0 Å². The minimum Gasteiger partial charge on any atom is -0.449 e. The van der Waals surface area contributed by atoms with E-state index in [4.69, 9.17) is 9.15 Å². The second kappa shape index (κ2) is 9.87. The van der Waals surface area contributed by atoms with Crippen LogP contribution in [0.2, 0.25) is 0 Å². The Morgan fingerprint density at radius 1 is 1.23 bits per heavy atom. The highest BCUT2D eigenvalue weighted by molar-refractivity contribution is 5.84. The number of carbonyl (C=O) groups excluding carboxylic acids is 1. The maximum Gasteiger partial charge on any atom is 0.407 e. The predicted octanol–water partition coefficient (Wildman–Crippen LogP) is 3.21. The molecular formula is C22H26N4O4. The van der Waals surface area contributed by atoms with Crippen molar-refractivity contribution in [3.63, 3.8) is 0 Å². The Bertz CT molecular complexity index is 1060. The Morgan fingerprint density at radius 2 is 2.03 bits per heavy atom. The minimum absolute atomic E-state index is 0.0704. The summed E-state index contributed by atoms with van der Waals surface area (Å²) in [5, 5.41) is 3.48. The zero-order valence-electron chi connectivity index (χ0n) is 17.5. The topological polar surface area (TPSA) is 97.6 Å². The molecule has 1 amide bonds. The van der Waals surface area contributed by atoms with Gasteiger partial charge in [0.1, 0.15) is 5.58 Å². The highest BCUT2D eigenvalue weighted by Crippen LogP contribution is 2.25. The van der Waals surface area contributed by atoms with Crippen molar-refractivity contribution in [3.05, 3.63) is 64.0 Å². The summed E-state index contributed by atoms with van der Waals surface area (Å²) in [5.74, 6) is 0. The first-order chi connectivity index (χ1) is 14.5. The van der Waals surface area contributed by atoms with Crippen molar-refractivity contribution >= 4 is 22.7 Å². The first-order valence-electron chi connectivity index (χ1n) is 10.00. The molecule has 1 N–H and O–H groups in total. The third-order valence-corrected chi connectivity index (χ3v) is 5.02. The number of nitrogens with zero attached hydrogens (tertiary/aromatic N) is 3. The predicted molar refractivity (Wildman–Crippen MR) is 115 cm³/mol. The van der Waals surface area contributed by atoms with Crippen LogP contribution >= 0.6 is 0 Å². The molecule has 158 valence electrons. The molecule has 0 atom stereocenters. The van der Waals surface area contributed by atoms with Gasteiger partial charge >= 0.3 is 11.7 Å². The highest BCUT2D eigenvalue weighted by Gasteiger charge is 2.14. The number of alkyl carbamates (subject to hydrolysis) is 1. The van der Waals surface area contributed by atoms with Gasteiger partial charge in [-0.1, -0.05) is 0 Å². The standard InChI is InChI=1S/C22H26N4O4/c1-4-26(5-2)17-6-7-18-15(3)19(21(27)30-20(18)12-17)8-11-29-22(28)25-14-16-13-23-9-10-24-16/h6-7,9-10,12-13H,4-5,8,11,14H2,1-3H3,(H,25,28). The summed E-state index contributed by atoms with van der Waals surface area (Å²) in [4.78, 5) is 34.6. The zero-order chi connectivity index (χ0) is 21.5. The van der Waals surface area contributed by atoms with Gasteiger partial charge in [0.25, 0.3) is 0 Å². The molecule has 0 aliphatic rings. The lowest BCUT2D eigenvalue weighted by Gasteiger charge is -2.21. The van der Waals surface area contributed by atoms with E-state index in [0.717, 1.165) is 29.7 Å². The number of nitrogens with one attached hydrogen (secondary N) is 1. The summed E-state index contributed by atoms with van der Waals surface area (Å²) >= 11 is 0. The fraction of sp³-hybridized carbons (Fsp3) is 0.364. The van der Waals surface area contributed by atoms with Gasteiger partial charge in [-0.2, -0.15) is 0 Å². The van der Waals surface area contributed by atoms with E-state index in [9.17, 15) is 9.59 Å². The Hall–Kier alpha value is -3.42. The van der Waals surface area contributed by atoms with Gasteiger partial charge < -0.3 is 19.4 Å². The molecule has 3 aromatic rings. The average molecular weight is 410 g/mol. The number of fused-ring (bicyclic) bond motifs is 1. The van der Waals surface area contributed by atoms with E-state index in [1.165, 1.54) is 0 Å². The fourth-order valence-electron chi connectivity index (χ4n) is 3.34. The molecule has 0 aliphatic heterocycles. The maximum absolute atomic E-state index is 12.5. The monoisotopic (exact) mass is 410 g/mol. The van der Waals surface area contributed by atoms with Crippen LogP contribution < -0.4 is 15.8 Å². The van der Waals surface area contributed by atoms with Crippen molar-refractivity contribution in [1.82, 2.24) is 15.3 Å². The van der Waals surface area contributed by atoms with E-state index in [-0.39, 0.29) is 19.6 Å². The van der Waals surface area contributed by atoms with Crippen LogP contribution in [0.15, 0.2) is 46.0 Å². The van der Waals surface area contributed by atoms with E-state index in [1.54, 1.807) is 18.6 Å². The lowest BCUT2D eigenvalue weighted by Crippen LogP contribution is -2.25. The van der Waals surface area contributed by atoms with Crippen molar-refractivity contribution in [3.8, 4) is 0 Å². The molecule has 0 spiro atoms. The number of hydrogen-bond acceptors (Lipinski definition) is 7. The van der Waals surface area contributed by atoms with Gasteiger partial charge in [0, 0.05) is 54.6 Å². The summed E-state index contributed by atoms with van der Waals surface area (Å²) in [6.45, 7) is 8.10. The summed E-state index contributed by atoms with van der Waals surface area (Å²) < 4.78 is 10.7. The number of aromatic nitrogens is 2. The lowest BCUT2D eigenvalue weighted by atomic mass is 10.0. The average Bonchev–Trinajstić information content (AvgIpc) is 2.76. The Balaban J connectivity index is 1.65. The number of ether oxygens (including phenoxy) is 1. The van der Waals surface area contributed by atoms with Crippen LogP contribution in [0, 0.1) is 6.92 Å². The van der Waals surface area contributed by atoms with Gasteiger partial charge in [0.2, 0.25) is 0 Å². The van der Waals surface area contributed by atoms with Crippen LogP contribution in [0.4, 0.5) is 10.5 Å². The van der Waals surface area contributed by atoms with Crippen LogP contribution in [0.5, 0.6) is 0 Å². The summed E-state index contributed by atoms with van der Waals surface area (Å²) in [6.07, 6.45) is 4.38. The Kier molecular flexibility index (Phi) is 7.00. The van der Waals surface area contributed by atoms with Crippen molar-refractivity contribution in [2.75, 3.05) is 24.6 Å². The van der Waals surface area contributed by atoms with Crippen molar-refractivity contribution in [1.29, 1.82) is 0 Å². The number of hydrogen-bond donors (Lipinski definition) is 1. The Labute approximate surface area is 174 Å². The SMILES string of the molecule is CCN(CC)c1ccc2c(C)c(CCOC(=O)NCc3cnccn3)c(=O)oc2c1. The van der Waals surface area contributed by atoms with Gasteiger partial charge in [-0.25, -0.2) is 9.59 Å². The summed E-state index contributed by atoms with van der Waals surface area (Å²) in [7, 11) is 0. The number of anilines is 1. The molecule has 2 heterocycles. The molecule has 8 nitrogen and oxygen atoms in total. The van der Waals surface area contributed by atoms with E-state index in [2.05, 4.69) is 34.0 Å².